The van der Waals surface area contributed by atoms with Gasteiger partial charge in [0, 0.05) is 31.4 Å². The number of rotatable bonds is 5. The standard InChI is InChI=1S/C24H30FN3O4/c1-13(2)32-24(30)17-11-28(15-6-7-15)20-16(22(17)29)9-18(25)21(23(20)31-3)27-10-14-5-4-8-26-19(14)12-27/h9,11,13-15,19,26H,4-8,10,12H2,1-3H3/t14-,19+/m0/s1. The lowest BCUT2D eigenvalue weighted by Crippen LogP contribution is -2.40. The normalized spacial score (nSPS) is 23.0. The molecule has 3 heterocycles. The maximum absolute atomic E-state index is 15.6. The number of methoxy groups -OCH3 is 1. The summed E-state index contributed by atoms with van der Waals surface area (Å²) < 4.78 is 28.5. The summed E-state index contributed by atoms with van der Waals surface area (Å²) in [5.41, 5.74) is 0.370. The van der Waals surface area contributed by atoms with Gasteiger partial charge in [-0.25, -0.2) is 9.18 Å². The molecule has 0 bridgehead atoms. The highest BCUT2D eigenvalue weighted by Gasteiger charge is 2.38. The van der Waals surface area contributed by atoms with Gasteiger partial charge in [-0.1, -0.05) is 0 Å². The van der Waals surface area contributed by atoms with Crippen molar-refractivity contribution >= 4 is 22.6 Å². The van der Waals surface area contributed by atoms with Crippen LogP contribution in [0.5, 0.6) is 5.75 Å². The van der Waals surface area contributed by atoms with E-state index in [4.69, 9.17) is 9.47 Å². The Morgan fingerprint density at radius 2 is 2.03 bits per heavy atom. The summed E-state index contributed by atoms with van der Waals surface area (Å²) in [6.07, 6.45) is 5.34. The minimum Gasteiger partial charge on any atom is -0.492 e. The first-order chi connectivity index (χ1) is 15.4. The third-order valence-electron chi connectivity index (χ3n) is 6.82. The minimum absolute atomic E-state index is 0.0660. The molecular formula is C24H30FN3O4. The molecule has 1 saturated carbocycles. The molecule has 7 nitrogen and oxygen atoms in total. The Labute approximate surface area is 186 Å². The number of ether oxygens (including phenoxy) is 2. The number of piperidine rings is 1. The Hall–Kier alpha value is -2.61. The fourth-order valence-corrected chi connectivity index (χ4v) is 5.22. The van der Waals surface area contributed by atoms with Crippen LogP contribution in [0.3, 0.4) is 0 Å². The summed E-state index contributed by atoms with van der Waals surface area (Å²) in [4.78, 5) is 27.9. The second kappa shape index (κ2) is 8.06. The Bertz CT molecular complexity index is 1110. The van der Waals surface area contributed by atoms with Crippen molar-refractivity contribution in [3.8, 4) is 5.75 Å². The van der Waals surface area contributed by atoms with Crippen LogP contribution in [0.1, 0.15) is 55.9 Å². The molecule has 2 atom stereocenters. The molecule has 172 valence electrons. The number of pyridine rings is 1. The smallest absolute Gasteiger partial charge is 0.343 e. The molecule has 2 aliphatic heterocycles. The van der Waals surface area contributed by atoms with Crippen LogP contribution >= 0.6 is 0 Å². The molecule has 1 aliphatic carbocycles. The van der Waals surface area contributed by atoms with Crippen LogP contribution in [0.4, 0.5) is 10.1 Å². The van der Waals surface area contributed by atoms with Gasteiger partial charge in [-0.3, -0.25) is 4.79 Å². The van der Waals surface area contributed by atoms with Crippen LogP contribution in [-0.4, -0.2) is 49.4 Å². The molecule has 1 N–H and O–H groups in total. The first-order valence-electron chi connectivity index (χ1n) is 11.5. The molecule has 1 aromatic heterocycles. The maximum atomic E-state index is 15.6. The zero-order valence-electron chi connectivity index (χ0n) is 18.8. The van der Waals surface area contributed by atoms with Crippen LogP contribution < -0.4 is 20.4 Å². The Morgan fingerprint density at radius 3 is 2.69 bits per heavy atom. The highest BCUT2D eigenvalue weighted by Crippen LogP contribution is 2.45. The molecule has 3 fully saturated rings. The Kier molecular flexibility index (Phi) is 5.35. The van der Waals surface area contributed by atoms with E-state index < -0.39 is 17.2 Å². The summed E-state index contributed by atoms with van der Waals surface area (Å²) in [7, 11) is 1.52. The van der Waals surface area contributed by atoms with Gasteiger partial charge in [0.15, 0.2) is 11.6 Å². The van der Waals surface area contributed by atoms with Crippen molar-refractivity contribution in [1.82, 2.24) is 9.88 Å². The molecule has 1 aromatic carbocycles. The predicted molar refractivity (Wildman–Crippen MR) is 120 cm³/mol. The number of benzene rings is 1. The summed E-state index contributed by atoms with van der Waals surface area (Å²) in [5, 5.41) is 3.70. The number of carbonyl (C=O) groups is 1. The highest BCUT2D eigenvalue weighted by atomic mass is 19.1. The van der Waals surface area contributed by atoms with Gasteiger partial charge in [-0.2, -0.15) is 0 Å². The second-order valence-corrected chi connectivity index (χ2v) is 9.47. The Balaban J connectivity index is 1.68. The number of esters is 1. The molecule has 2 saturated heterocycles. The number of nitrogens with one attached hydrogen (secondary N) is 1. The van der Waals surface area contributed by atoms with E-state index in [1.54, 1.807) is 20.0 Å². The third kappa shape index (κ3) is 3.54. The van der Waals surface area contributed by atoms with Crippen LogP contribution in [0.15, 0.2) is 17.1 Å². The molecule has 0 unspecified atom stereocenters. The summed E-state index contributed by atoms with van der Waals surface area (Å²) in [6.45, 7) is 5.91. The van der Waals surface area contributed by atoms with E-state index >= 15 is 4.39 Å². The lowest BCUT2D eigenvalue weighted by atomic mass is 9.94. The van der Waals surface area contributed by atoms with Gasteiger partial charge in [-0.15, -0.1) is 0 Å². The molecule has 0 spiro atoms. The van der Waals surface area contributed by atoms with Crippen LogP contribution in [0.2, 0.25) is 0 Å². The quantitative estimate of drug-likeness (QED) is 0.716. The van der Waals surface area contributed by atoms with E-state index in [0.717, 1.165) is 38.8 Å². The van der Waals surface area contributed by atoms with Crippen molar-refractivity contribution in [1.29, 1.82) is 0 Å². The molecular weight excluding hydrogens is 413 g/mol. The fourth-order valence-electron chi connectivity index (χ4n) is 5.22. The largest absolute Gasteiger partial charge is 0.492 e. The molecule has 8 heteroatoms. The maximum Gasteiger partial charge on any atom is 0.343 e. The van der Waals surface area contributed by atoms with Gasteiger partial charge in [-0.05, 0) is 58.1 Å². The average molecular weight is 444 g/mol. The number of hydrogen-bond acceptors (Lipinski definition) is 6. The number of anilines is 1. The number of fused-ring (bicyclic) bond motifs is 2. The third-order valence-corrected chi connectivity index (χ3v) is 6.82. The van der Waals surface area contributed by atoms with Crippen molar-refractivity contribution in [2.45, 2.75) is 57.7 Å². The minimum atomic E-state index is -0.681. The predicted octanol–water partition coefficient (Wildman–Crippen LogP) is 3.24. The van der Waals surface area contributed by atoms with Gasteiger partial charge < -0.3 is 24.3 Å². The Morgan fingerprint density at radius 1 is 1.25 bits per heavy atom. The van der Waals surface area contributed by atoms with Crippen molar-refractivity contribution in [3.63, 3.8) is 0 Å². The lowest BCUT2D eigenvalue weighted by molar-refractivity contribution is 0.0375. The molecule has 0 amide bonds. The van der Waals surface area contributed by atoms with Gasteiger partial charge in [0.1, 0.15) is 11.3 Å². The summed E-state index contributed by atoms with van der Waals surface area (Å²) >= 11 is 0. The first-order valence-corrected chi connectivity index (χ1v) is 11.5. The van der Waals surface area contributed by atoms with Gasteiger partial charge in [0.2, 0.25) is 5.43 Å². The number of carbonyl (C=O) groups excluding carboxylic acids is 1. The van der Waals surface area contributed by atoms with Gasteiger partial charge in [0.25, 0.3) is 0 Å². The molecule has 32 heavy (non-hydrogen) atoms. The lowest BCUT2D eigenvalue weighted by Gasteiger charge is -2.25. The molecule has 0 radical (unpaired) electrons. The SMILES string of the molecule is COc1c(N2C[C@@H]3CCCN[C@@H]3C2)c(F)cc2c(=O)c(C(=O)OC(C)C)cn(C3CC3)c12. The van der Waals surface area contributed by atoms with Crippen molar-refractivity contribution in [3.05, 3.63) is 33.9 Å². The molecule has 5 rings (SSSR count). The van der Waals surface area contributed by atoms with Crippen LogP contribution in [0.25, 0.3) is 10.9 Å². The number of aromatic nitrogens is 1. The number of nitrogens with zero attached hydrogens (tertiary/aromatic N) is 2. The van der Waals surface area contributed by atoms with Crippen LogP contribution in [0, 0.1) is 11.7 Å². The fraction of sp³-hybridized carbons (Fsp3) is 0.583. The van der Waals surface area contributed by atoms with E-state index in [1.807, 2.05) is 9.47 Å². The highest BCUT2D eigenvalue weighted by molar-refractivity contribution is 5.97. The summed E-state index contributed by atoms with van der Waals surface area (Å²) in [6, 6.07) is 1.76. The van der Waals surface area contributed by atoms with Gasteiger partial charge in [0.05, 0.1) is 24.1 Å². The van der Waals surface area contributed by atoms with Crippen LogP contribution in [-0.2, 0) is 4.74 Å². The van der Waals surface area contributed by atoms with E-state index in [9.17, 15) is 9.59 Å². The zero-order valence-corrected chi connectivity index (χ0v) is 18.8. The molecule has 2 aromatic rings. The van der Waals surface area contributed by atoms with E-state index in [2.05, 4.69) is 5.32 Å². The van der Waals surface area contributed by atoms with E-state index in [1.165, 1.54) is 13.2 Å². The number of halogens is 1. The van der Waals surface area contributed by atoms with Gasteiger partial charge >= 0.3 is 5.97 Å². The average Bonchev–Trinajstić information content (AvgIpc) is 3.51. The number of hydrogen-bond donors (Lipinski definition) is 1. The first kappa shape index (κ1) is 21.2. The van der Waals surface area contributed by atoms with E-state index in [-0.39, 0.29) is 23.1 Å². The zero-order chi connectivity index (χ0) is 22.6. The van der Waals surface area contributed by atoms with Crippen molar-refractivity contribution in [2.24, 2.45) is 5.92 Å². The monoisotopic (exact) mass is 443 g/mol. The summed E-state index contributed by atoms with van der Waals surface area (Å²) in [5.74, 6) is -0.338. The second-order valence-electron chi connectivity index (χ2n) is 9.47. The van der Waals surface area contributed by atoms with Crippen molar-refractivity contribution < 1.29 is 18.7 Å². The topological polar surface area (TPSA) is 72.8 Å². The molecule has 3 aliphatic rings. The van der Waals surface area contributed by atoms with Crippen molar-refractivity contribution in [2.75, 3.05) is 31.6 Å². The van der Waals surface area contributed by atoms with E-state index in [0.29, 0.717) is 35.5 Å².